The highest BCUT2D eigenvalue weighted by molar-refractivity contribution is 5.40. The fourth-order valence-electron chi connectivity index (χ4n) is 1.05. The second kappa shape index (κ2) is 5.06. The van der Waals surface area contributed by atoms with Crippen LogP contribution in [0.3, 0.4) is 0 Å². The number of allylic oxidation sites excluding steroid dienone is 3. The molecule has 0 heteroatoms. The van der Waals surface area contributed by atoms with Gasteiger partial charge in [0, 0.05) is 0 Å². The minimum Gasteiger partial charge on any atom is -0.0955 e. The summed E-state index contributed by atoms with van der Waals surface area (Å²) < 4.78 is 0. The maximum Gasteiger partial charge on any atom is -0.0251 e. The lowest BCUT2D eigenvalue weighted by molar-refractivity contribution is 0.418. The van der Waals surface area contributed by atoms with Gasteiger partial charge in [0.2, 0.25) is 0 Å². The normalized spacial score (nSPS) is 12.7. The summed E-state index contributed by atoms with van der Waals surface area (Å²) in [6, 6.07) is 0. The Balaban J connectivity index is 4.16. The number of hydrogen-bond acceptors (Lipinski definition) is 0. The lowest BCUT2D eigenvalue weighted by Crippen LogP contribution is -2.05. The first kappa shape index (κ1) is 12.2. The highest BCUT2D eigenvalue weighted by atomic mass is 14.2. The van der Waals surface area contributed by atoms with E-state index in [4.69, 9.17) is 0 Å². The summed E-state index contributed by atoms with van der Waals surface area (Å²) in [5.41, 5.74) is 3.18. The molecule has 0 saturated carbocycles. The average Bonchev–Trinajstić information content (AvgIpc) is 2.02. The molecule has 0 aliphatic carbocycles. The second-order valence-electron chi connectivity index (χ2n) is 4.29. The topological polar surface area (TPSA) is 0 Å². The maximum absolute atomic E-state index is 4.04. The summed E-state index contributed by atoms with van der Waals surface area (Å²) in [7, 11) is 0. The van der Waals surface area contributed by atoms with Crippen LogP contribution in [0.15, 0.2) is 36.5 Å². The van der Waals surface area contributed by atoms with Crippen molar-refractivity contribution in [2.75, 3.05) is 0 Å². The Labute approximate surface area is 83.0 Å². The summed E-state index contributed by atoms with van der Waals surface area (Å²) in [4.78, 5) is 0. The van der Waals surface area contributed by atoms with Gasteiger partial charge in [0.05, 0.1) is 0 Å². The molecule has 0 aromatic rings. The zero-order valence-corrected chi connectivity index (χ0v) is 9.48. The van der Waals surface area contributed by atoms with Gasteiger partial charge in [-0.25, -0.2) is 0 Å². The molecule has 0 spiro atoms. The zero-order chi connectivity index (χ0) is 10.6. The molecule has 1 atom stereocenters. The SMILES string of the molecule is C=C(C)C(=C)C(=C)CC(C)C(C)C. The van der Waals surface area contributed by atoms with E-state index in [0.29, 0.717) is 11.8 Å². The van der Waals surface area contributed by atoms with Crippen molar-refractivity contribution in [1.29, 1.82) is 0 Å². The molecule has 0 saturated heterocycles. The Morgan fingerprint density at radius 2 is 1.54 bits per heavy atom. The minimum absolute atomic E-state index is 0.670. The summed E-state index contributed by atoms with van der Waals surface area (Å²) >= 11 is 0. The van der Waals surface area contributed by atoms with Crippen LogP contribution in [-0.2, 0) is 0 Å². The molecular weight excluding hydrogens is 156 g/mol. The number of rotatable bonds is 5. The van der Waals surface area contributed by atoms with Gasteiger partial charge in [-0.2, -0.15) is 0 Å². The Kier molecular flexibility index (Phi) is 4.76. The molecule has 0 N–H and O–H groups in total. The molecule has 74 valence electrons. The molecule has 0 amide bonds. The van der Waals surface area contributed by atoms with Gasteiger partial charge in [0.25, 0.3) is 0 Å². The molecule has 1 unspecified atom stereocenters. The summed E-state index contributed by atoms with van der Waals surface area (Å²) in [6.45, 7) is 20.6. The van der Waals surface area contributed by atoms with E-state index in [1.54, 1.807) is 0 Å². The van der Waals surface area contributed by atoms with Crippen LogP contribution in [0.1, 0.15) is 34.1 Å². The third-order valence-corrected chi connectivity index (χ3v) is 2.65. The van der Waals surface area contributed by atoms with Crippen molar-refractivity contribution in [1.82, 2.24) is 0 Å². The van der Waals surface area contributed by atoms with Crippen LogP contribution in [0.2, 0.25) is 0 Å². The standard InChI is InChI=1S/C13H22/c1-9(2)11(5)8-12(6)13(7)10(3)4/h9,11H,3,6-8H2,1-2,4-5H3. The second-order valence-corrected chi connectivity index (χ2v) is 4.29. The van der Waals surface area contributed by atoms with E-state index in [1.807, 2.05) is 6.92 Å². The van der Waals surface area contributed by atoms with Crippen molar-refractivity contribution >= 4 is 0 Å². The van der Waals surface area contributed by atoms with Crippen LogP contribution in [0.5, 0.6) is 0 Å². The molecule has 0 fully saturated rings. The molecule has 0 aromatic heterocycles. The predicted molar refractivity (Wildman–Crippen MR) is 61.7 cm³/mol. The van der Waals surface area contributed by atoms with Crippen molar-refractivity contribution in [3.63, 3.8) is 0 Å². The molecule has 0 radical (unpaired) electrons. The van der Waals surface area contributed by atoms with Crippen LogP contribution in [0, 0.1) is 11.8 Å². The minimum atomic E-state index is 0.670. The monoisotopic (exact) mass is 178 g/mol. The lowest BCUT2D eigenvalue weighted by Gasteiger charge is -2.18. The van der Waals surface area contributed by atoms with E-state index >= 15 is 0 Å². The first-order valence-corrected chi connectivity index (χ1v) is 4.89. The third kappa shape index (κ3) is 4.12. The van der Waals surface area contributed by atoms with Crippen molar-refractivity contribution in [3.8, 4) is 0 Å². The van der Waals surface area contributed by atoms with Crippen molar-refractivity contribution in [2.24, 2.45) is 11.8 Å². The Morgan fingerprint density at radius 3 is 1.85 bits per heavy atom. The van der Waals surface area contributed by atoms with Gasteiger partial charge in [-0.15, -0.1) is 0 Å². The first-order chi connectivity index (χ1) is 5.86. The van der Waals surface area contributed by atoms with Crippen molar-refractivity contribution < 1.29 is 0 Å². The van der Waals surface area contributed by atoms with Gasteiger partial charge >= 0.3 is 0 Å². The quantitative estimate of drug-likeness (QED) is 0.549. The van der Waals surface area contributed by atoms with Gasteiger partial charge < -0.3 is 0 Å². The van der Waals surface area contributed by atoms with E-state index in [2.05, 4.69) is 40.5 Å². The number of hydrogen-bond donors (Lipinski definition) is 0. The van der Waals surface area contributed by atoms with Crippen LogP contribution in [0.4, 0.5) is 0 Å². The molecular formula is C13H22. The van der Waals surface area contributed by atoms with Crippen LogP contribution in [0.25, 0.3) is 0 Å². The molecule has 0 bridgehead atoms. The average molecular weight is 178 g/mol. The lowest BCUT2D eigenvalue weighted by atomic mass is 9.88. The maximum atomic E-state index is 4.04. The van der Waals surface area contributed by atoms with E-state index in [1.165, 1.54) is 0 Å². The Hall–Kier alpha value is -0.780. The molecule has 0 heterocycles. The molecule has 0 nitrogen and oxygen atoms in total. The zero-order valence-electron chi connectivity index (χ0n) is 9.48. The van der Waals surface area contributed by atoms with Crippen LogP contribution >= 0.6 is 0 Å². The van der Waals surface area contributed by atoms with E-state index in [0.717, 1.165) is 23.1 Å². The van der Waals surface area contributed by atoms with E-state index in [9.17, 15) is 0 Å². The third-order valence-electron chi connectivity index (χ3n) is 2.65. The highest BCUT2D eigenvalue weighted by Gasteiger charge is 2.10. The highest BCUT2D eigenvalue weighted by Crippen LogP contribution is 2.24. The largest absolute Gasteiger partial charge is 0.0955 e. The molecule has 0 aliphatic heterocycles. The van der Waals surface area contributed by atoms with Gasteiger partial charge in [-0.05, 0) is 36.3 Å². The first-order valence-electron chi connectivity index (χ1n) is 4.89. The van der Waals surface area contributed by atoms with Crippen molar-refractivity contribution in [2.45, 2.75) is 34.1 Å². The van der Waals surface area contributed by atoms with Crippen LogP contribution < -0.4 is 0 Å². The van der Waals surface area contributed by atoms with E-state index < -0.39 is 0 Å². The van der Waals surface area contributed by atoms with Gasteiger partial charge in [0.15, 0.2) is 0 Å². The Bertz CT molecular complexity index is 218. The summed E-state index contributed by atoms with van der Waals surface area (Å²) in [5.74, 6) is 1.37. The van der Waals surface area contributed by atoms with Gasteiger partial charge in [0.1, 0.15) is 0 Å². The predicted octanol–water partition coefficient (Wildman–Crippen LogP) is 4.36. The molecule has 0 aliphatic rings. The molecule has 13 heavy (non-hydrogen) atoms. The molecule has 0 rings (SSSR count). The van der Waals surface area contributed by atoms with Crippen molar-refractivity contribution in [3.05, 3.63) is 36.5 Å². The fraction of sp³-hybridized carbons (Fsp3) is 0.538. The van der Waals surface area contributed by atoms with Gasteiger partial charge in [-0.1, -0.05) is 46.1 Å². The van der Waals surface area contributed by atoms with E-state index in [-0.39, 0.29) is 0 Å². The summed E-state index contributed by atoms with van der Waals surface area (Å²) in [5, 5.41) is 0. The smallest absolute Gasteiger partial charge is 0.0251 e. The molecule has 0 aromatic carbocycles. The van der Waals surface area contributed by atoms with Crippen LogP contribution in [-0.4, -0.2) is 0 Å². The Morgan fingerprint density at radius 1 is 1.08 bits per heavy atom. The summed E-state index contributed by atoms with van der Waals surface area (Å²) in [6.07, 6.45) is 1.03. The van der Waals surface area contributed by atoms with Gasteiger partial charge in [-0.3, -0.25) is 0 Å². The fourth-order valence-corrected chi connectivity index (χ4v) is 1.05.